The number of rotatable bonds is 1. The van der Waals surface area contributed by atoms with Crippen LogP contribution in [0.25, 0.3) is 11.1 Å². The minimum absolute atomic E-state index is 0.104. The molecule has 5 heteroatoms. The monoisotopic (exact) mass is 265 g/mol. The fourth-order valence-corrected chi connectivity index (χ4v) is 1.65. The number of halogens is 4. The minimum Gasteiger partial charge on any atom is -0.206 e. The third-order valence-electron chi connectivity index (χ3n) is 2.62. The lowest BCUT2D eigenvalue weighted by Gasteiger charge is -2.08. The van der Waals surface area contributed by atoms with Crippen molar-refractivity contribution in [3.8, 4) is 17.2 Å². The van der Waals surface area contributed by atoms with Gasteiger partial charge in [0.25, 0.3) is 0 Å². The van der Waals surface area contributed by atoms with E-state index in [4.69, 9.17) is 5.26 Å². The molecule has 0 unspecified atom stereocenters. The van der Waals surface area contributed by atoms with Gasteiger partial charge in [-0.15, -0.1) is 0 Å². The van der Waals surface area contributed by atoms with Crippen molar-refractivity contribution in [1.82, 2.24) is 0 Å². The first-order valence-electron chi connectivity index (χ1n) is 5.29. The number of alkyl halides is 3. The highest BCUT2D eigenvalue weighted by atomic mass is 19.4. The molecule has 0 aliphatic rings. The van der Waals surface area contributed by atoms with Gasteiger partial charge < -0.3 is 0 Å². The van der Waals surface area contributed by atoms with Gasteiger partial charge in [-0.05, 0) is 35.9 Å². The third kappa shape index (κ3) is 2.74. The minimum atomic E-state index is -4.43. The van der Waals surface area contributed by atoms with E-state index in [1.54, 1.807) is 0 Å². The molecule has 2 aromatic rings. The molecular weight excluding hydrogens is 258 g/mol. The lowest BCUT2D eigenvalue weighted by Crippen LogP contribution is -2.04. The molecule has 0 saturated carbocycles. The molecule has 0 spiro atoms. The molecule has 0 amide bonds. The van der Waals surface area contributed by atoms with Gasteiger partial charge in [-0.3, -0.25) is 0 Å². The molecule has 0 aromatic heterocycles. The quantitative estimate of drug-likeness (QED) is 0.702. The van der Waals surface area contributed by atoms with Gasteiger partial charge in [-0.25, -0.2) is 4.39 Å². The molecule has 0 radical (unpaired) electrons. The van der Waals surface area contributed by atoms with Gasteiger partial charge in [0, 0.05) is 5.56 Å². The van der Waals surface area contributed by atoms with Crippen LogP contribution in [0.5, 0.6) is 0 Å². The van der Waals surface area contributed by atoms with Crippen molar-refractivity contribution in [3.63, 3.8) is 0 Å². The second kappa shape index (κ2) is 4.73. The lowest BCUT2D eigenvalue weighted by atomic mass is 10.0. The van der Waals surface area contributed by atoms with Gasteiger partial charge in [-0.2, -0.15) is 18.4 Å². The SMILES string of the molecule is N#Cc1ccc(F)c(-c2ccc(C(F)(F)F)cc2)c1. The maximum absolute atomic E-state index is 13.6. The summed E-state index contributed by atoms with van der Waals surface area (Å²) in [5, 5.41) is 8.73. The second-order valence-corrected chi connectivity index (χ2v) is 3.88. The zero-order chi connectivity index (χ0) is 14.0. The van der Waals surface area contributed by atoms with Crippen LogP contribution in [0.2, 0.25) is 0 Å². The van der Waals surface area contributed by atoms with Crippen molar-refractivity contribution in [2.24, 2.45) is 0 Å². The van der Waals surface area contributed by atoms with Gasteiger partial charge in [0.1, 0.15) is 5.82 Å². The van der Waals surface area contributed by atoms with Gasteiger partial charge >= 0.3 is 6.18 Å². The van der Waals surface area contributed by atoms with Crippen LogP contribution in [0.4, 0.5) is 17.6 Å². The summed E-state index contributed by atoms with van der Waals surface area (Å²) in [5.41, 5.74) is -0.153. The Morgan fingerprint density at radius 2 is 1.58 bits per heavy atom. The molecule has 0 aliphatic heterocycles. The van der Waals surface area contributed by atoms with Crippen LogP contribution >= 0.6 is 0 Å². The summed E-state index contributed by atoms with van der Waals surface area (Å²) in [7, 11) is 0. The summed E-state index contributed by atoms with van der Waals surface area (Å²) < 4.78 is 50.8. The molecule has 2 rings (SSSR count). The first kappa shape index (κ1) is 13.1. The molecule has 96 valence electrons. The molecule has 1 nitrogen and oxygen atoms in total. The molecule has 0 atom stereocenters. The molecule has 0 N–H and O–H groups in total. The van der Waals surface area contributed by atoms with Crippen molar-refractivity contribution < 1.29 is 17.6 Å². The third-order valence-corrected chi connectivity index (χ3v) is 2.62. The number of nitrogens with zero attached hydrogens (tertiary/aromatic N) is 1. The Morgan fingerprint density at radius 1 is 0.947 bits per heavy atom. The van der Waals surface area contributed by atoms with Crippen molar-refractivity contribution in [2.45, 2.75) is 6.18 Å². The normalized spacial score (nSPS) is 11.1. The van der Waals surface area contributed by atoms with Gasteiger partial charge in [0.15, 0.2) is 0 Å². The van der Waals surface area contributed by atoms with E-state index in [1.807, 2.05) is 6.07 Å². The molecule has 0 aliphatic carbocycles. The Kier molecular flexibility index (Phi) is 3.26. The molecule has 0 fully saturated rings. The molecule has 0 bridgehead atoms. The zero-order valence-electron chi connectivity index (χ0n) is 9.50. The smallest absolute Gasteiger partial charge is 0.206 e. The van der Waals surface area contributed by atoms with E-state index < -0.39 is 17.6 Å². The maximum atomic E-state index is 13.6. The van der Waals surface area contributed by atoms with Gasteiger partial charge in [0.05, 0.1) is 17.2 Å². The summed E-state index contributed by atoms with van der Waals surface area (Å²) in [6.07, 6.45) is -4.43. The fraction of sp³-hybridized carbons (Fsp3) is 0.0714. The number of hydrogen-bond donors (Lipinski definition) is 0. The fourth-order valence-electron chi connectivity index (χ4n) is 1.65. The Hall–Kier alpha value is -2.35. The van der Waals surface area contributed by atoms with Crippen LogP contribution in [-0.2, 0) is 6.18 Å². The Bertz CT molecular complexity index is 636. The largest absolute Gasteiger partial charge is 0.416 e. The first-order chi connectivity index (χ1) is 8.91. The standard InChI is InChI=1S/C14H7F4N/c15-13-6-1-9(8-19)7-12(13)10-2-4-11(5-3-10)14(16,17)18/h1-7H. The Balaban J connectivity index is 2.46. The molecular formula is C14H7F4N. The molecule has 0 saturated heterocycles. The number of nitriles is 1. The van der Waals surface area contributed by atoms with Crippen LogP contribution in [0, 0.1) is 17.1 Å². The van der Waals surface area contributed by atoms with E-state index in [0.717, 1.165) is 18.2 Å². The van der Waals surface area contributed by atoms with Crippen molar-refractivity contribution in [3.05, 3.63) is 59.4 Å². The molecule has 2 aromatic carbocycles. The van der Waals surface area contributed by atoms with E-state index in [-0.39, 0.29) is 11.1 Å². The highest BCUT2D eigenvalue weighted by molar-refractivity contribution is 5.66. The van der Waals surface area contributed by atoms with Crippen LogP contribution in [0.3, 0.4) is 0 Å². The second-order valence-electron chi connectivity index (χ2n) is 3.88. The topological polar surface area (TPSA) is 23.8 Å². The van der Waals surface area contributed by atoms with Crippen LogP contribution in [0.15, 0.2) is 42.5 Å². The zero-order valence-corrected chi connectivity index (χ0v) is 9.50. The molecule has 19 heavy (non-hydrogen) atoms. The van der Waals surface area contributed by atoms with Gasteiger partial charge in [-0.1, -0.05) is 12.1 Å². The highest BCUT2D eigenvalue weighted by Crippen LogP contribution is 2.31. The lowest BCUT2D eigenvalue weighted by molar-refractivity contribution is -0.137. The van der Waals surface area contributed by atoms with E-state index in [9.17, 15) is 17.6 Å². The average molecular weight is 265 g/mol. The van der Waals surface area contributed by atoms with Gasteiger partial charge in [0.2, 0.25) is 0 Å². The van der Waals surface area contributed by atoms with Crippen LogP contribution in [0.1, 0.15) is 11.1 Å². The van der Waals surface area contributed by atoms with Crippen molar-refractivity contribution >= 4 is 0 Å². The van der Waals surface area contributed by atoms with E-state index >= 15 is 0 Å². The summed E-state index contributed by atoms with van der Waals surface area (Å²) in [4.78, 5) is 0. The Morgan fingerprint density at radius 3 is 2.11 bits per heavy atom. The number of hydrogen-bond acceptors (Lipinski definition) is 1. The maximum Gasteiger partial charge on any atom is 0.416 e. The Labute approximate surface area is 106 Å². The average Bonchev–Trinajstić information content (AvgIpc) is 2.38. The van der Waals surface area contributed by atoms with E-state index in [0.29, 0.717) is 5.56 Å². The predicted molar refractivity (Wildman–Crippen MR) is 61.6 cm³/mol. The van der Waals surface area contributed by atoms with Crippen molar-refractivity contribution in [1.29, 1.82) is 5.26 Å². The summed E-state index contributed by atoms with van der Waals surface area (Å²) >= 11 is 0. The van der Waals surface area contributed by atoms with E-state index in [2.05, 4.69) is 0 Å². The van der Waals surface area contributed by atoms with Crippen LogP contribution < -0.4 is 0 Å². The van der Waals surface area contributed by atoms with Crippen LogP contribution in [-0.4, -0.2) is 0 Å². The van der Waals surface area contributed by atoms with E-state index in [1.165, 1.54) is 24.3 Å². The first-order valence-corrected chi connectivity index (χ1v) is 5.29. The summed E-state index contributed by atoms with van der Waals surface area (Å²) in [5.74, 6) is -0.584. The highest BCUT2D eigenvalue weighted by Gasteiger charge is 2.30. The molecule has 0 heterocycles. The number of benzene rings is 2. The van der Waals surface area contributed by atoms with Crippen molar-refractivity contribution in [2.75, 3.05) is 0 Å². The summed E-state index contributed by atoms with van der Waals surface area (Å²) in [6, 6.07) is 9.71. The summed E-state index contributed by atoms with van der Waals surface area (Å²) in [6.45, 7) is 0. The predicted octanol–water partition coefficient (Wildman–Crippen LogP) is 4.38.